The van der Waals surface area contributed by atoms with E-state index < -0.39 is 12.3 Å². The van der Waals surface area contributed by atoms with E-state index in [1.165, 1.54) is 0 Å². The van der Waals surface area contributed by atoms with Crippen molar-refractivity contribution in [3.05, 3.63) is 63.1 Å². The molecule has 1 unspecified atom stereocenters. The van der Waals surface area contributed by atoms with Crippen LogP contribution in [0.4, 0.5) is 0 Å². The highest BCUT2D eigenvalue weighted by Gasteiger charge is 2.29. The first-order valence-electron chi connectivity index (χ1n) is 8.36. The van der Waals surface area contributed by atoms with Gasteiger partial charge in [-0.25, -0.2) is 0 Å². The summed E-state index contributed by atoms with van der Waals surface area (Å²) in [5.41, 5.74) is 2.71. The van der Waals surface area contributed by atoms with Crippen LogP contribution in [0, 0.1) is 0 Å². The molecule has 1 fully saturated rings. The average molecular weight is 394 g/mol. The number of rotatable bonds is 4. The van der Waals surface area contributed by atoms with Gasteiger partial charge in [0.2, 0.25) is 6.29 Å². The predicted octanol–water partition coefficient (Wildman–Crippen LogP) is 3.51. The molecular formula is C19H17Cl2NO4. The van der Waals surface area contributed by atoms with Gasteiger partial charge in [-0.1, -0.05) is 29.3 Å². The van der Waals surface area contributed by atoms with Crippen molar-refractivity contribution in [2.75, 3.05) is 19.8 Å². The van der Waals surface area contributed by atoms with Gasteiger partial charge in [-0.3, -0.25) is 4.79 Å². The molecule has 0 spiro atoms. The molecule has 0 radical (unpaired) electrons. The van der Waals surface area contributed by atoms with Crippen molar-refractivity contribution in [3.8, 4) is 5.75 Å². The lowest BCUT2D eigenvalue weighted by Crippen LogP contribution is -2.38. The topological polar surface area (TPSA) is 56.8 Å². The van der Waals surface area contributed by atoms with Crippen molar-refractivity contribution < 1.29 is 19.0 Å². The summed E-state index contributed by atoms with van der Waals surface area (Å²) in [6.07, 6.45) is -0.0738. The lowest BCUT2D eigenvalue weighted by atomic mass is 9.96. The normalized spacial score (nSPS) is 17.6. The maximum Gasteiger partial charge on any atom is 0.277 e. The van der Waals surface area contributed by atoms with Crippen molar-refractivity contribution in [1.29, 1.82) is 0 Å². The van der Waals surface area contributed by atoms with Gasteiger partial charge in [0.15, 0.2) is 0 Å². The van der Waals surface area contributed by atoms with Crippen LogP contribution in [-0.2, 0) is 20.7 Å². The summed E-state index contributed by atoms with van der Waals surface area (Å²) >= 11 is 12.6. The summed E-state index contributed by atoms with van der Waals surface area (Å²) in [7, 11) is 0. The molecular weight excluding hydrogens is 377 g/mol. The highest BCUT2D eigenvalue weighted by Crippen LogP contribution is 2.34. The Labute approximate surface area is 161 Å². The summed E-state index contributed by atoms with van der Waals surface area (Å²) in [4.78, 5) is 12.6. The number of carbonyl (C=O) groups is 1. The summed E-state index contributed by atoms with van der Waals surface area (Å²) < 4.78 is 16.2. The molecule has 136 valence electrons. The minimum Gasteiger partial charge on any atom is -0.493 e. The smallest absolute Gasteiger partial charge is 0.277 e. The molecule has 26 heavy (non-hydrogen) atoms. The molecule has 2 aromatic rings. The third-order valence-corrected chi connectivity index (χ3v) is 5.02. The second-order valence-electron chi connectivity index (χ2n) is 6.15. The number of carbonyl (C=O) groups excluding carboxylic acids is 1. The van der Waals surface area contributed by atoms with Gasteiger partial charge in [0.1, 0.15) is 5.75 Å². The van der Waals surface area contributed by atoms with Gasteiger partial charge in [-0.2, -0.15) is 0 Å². The Hall–Kier alpha value is -1.79. The fourth-order valence-corrected chi connectivity index (χ4v) is 3.59. The largest absolute Gasteiger partial charge is 0.493 e. The van der Waals surface area contributed by atoms with E-state index in [1.54, 1.807) is 18.2 Å². The SMILES string of the molecule is O=C(NC(c1ccc2c(c1)CCO2)c1cc(Cl)ccc1Cl)C1OCCO1. The van der Waals surface area contributed by atoms with E-state index in [2.05, 4.69) is 5.32 Å². The first-order valence-corrected chi connectivity index (χ1v) is 9.11. The number of hydrogen-bond acceptors (Lipinski definition) is 4. The molecule has 1 N–H and O–H groups in total. The molecule has 7 heteroatoms. The summed E-state index contributed by atoms with van der Waals surface area (Å²) in [6.45, 7) is 1.46. The lowest BCUT2D eigenvalue weighted by molar-refractivity contribution is -0.147. The number of halogens is 2. The Morgan fingerprint density at radius 2 is 1.88 bits per heavy atom. The number of amides is 1. The fraction of sp³-hybridized carbons (Fsp3) is 0.316. The molecule has 2 aliphatic heterocycles. The van der Waals surface area contributed by atoms with E-state index in [9.17, 15) is 4.79 Å². The molecule has 0 bridgehead atoms. The highest BCUT2D eigenvalue weighted by molar-refractivity contribution is 6.33. The lowest BCUT2D eigenvalue weighted by Gasteiger charge is -2.23. The third kappa shape index (κ3) is 3.53. The van der Waals surface area contributed by atoms with Crippen LogP contribution in [0.2, 0.25) is 10.0 Å². The van der Waals surface area contributed by atoms with Gasteiger partial charge in [-0.15, -0.1) is 0 Å². The van der Waals surface area contributed by atoms with E-state index in [4.69, 9.17) is 37.4 Å². The number of hydrogen-bond donors (Lipinski definition) is 1. The molecule has 1 saturated heterocycles. The van der Waals surface area contributed by atoms with Gasteiger partial charge < -0.3 is 19.5 Å². The van der Waals surface area contributed by atoms with Crippen LogP contribution < -0.4 is 10.1 Å². The number of nitrogens with one attached hydrogen (secondary N) is 1. The number of benzene rings is 2. The molecule has 2 aromatic carbocycles. The van der Waals surface area contributed by atoms with Gasteiger partial charge in [0.05, 0.1) is 25.9 Å². The molecule has 2 heterocycles. The summed E-state index contributed by atoms with van der Waals surface area (Å²) in [5.74, 6) is 0.527. The van der Waals surface area contributed by atoms with Crippen LogP contribution in [0.1, 0.15) is 22.7 Å². The van der Waals surface area contributed by atoms with Crippen molar-refractivity contribution in [3.63, 3.8) is 0 Å². The predicted molar refractivity (Wildman–Crippen MR) is 97.8 cm³/mol. The number of fused-ring (bicyclic) bond motifs is 1. The van der Waals surface area contributed by atoms with Crippen LogP contribution in [0.25, 0.3) is 0 Å². The zero-order chi connectivity index (χ0) is 18.1. The quantitative estimate of drug-likeness (QED) is 0.863. The molecule has 5 nitrogen and oxygen atoms in total. The van der Waals surface area contributed by atoms with E-state index in [-0.39, 0.29) is 5.91 Å². The van der Waals surface area contributed by atoms with Gasteiger partial charge in [-0.05, 0) is 47.0 Å². The zero-order valence-corrected chi connectivity index (χ0v) is 15.3. The molecule has 0 aromatic heterocycles. The highest BCUT2D eigenvalue weighted by atomic mass is 35.5. The van der Waals surface area contributed by atoms with Crippen LogP contribution >= 0.6 is 23.2 Å². The standard InChI is InChI=1S/C19H17Cl2NO4/c20-13-2-3-15(21)14(10-13)17(22-18(23)19-25-7-8-26-19)12-1-4-16-11(9-12)5-6-24-16/h1-4,9-10,17,19H,5-8H2,(H,22,23). The van der Waals surface area contributed by atoms with Crippen LogP contribution in [-0.4, -0.2) is 32.0 Å². The van der Waals surface area contributed by atoms with Crippen molar-refractivity contribution in [2.24, 2.45) is 0 Å². The fourth-order valence-electron chi connectivity index (χ4n) is 3.18. The van der Waals surface area contributed by atoms with Crippen molar-refractivity contribution in [2.45, 2.75) is 18.8 Å². The average Bonchev–Trinajstić information content (AvgIpc) is 3.32. The zero-order valence-electron chi connectivity index (χ0n) is 13.8. The van der Waals surface area contributed by atoms with Crippen molar-refractivity contribution >= 4 is 29.1 Å². The molecule has 1 atom stereocenters. The maximum atomic E-state index is 12.6. The second-order valence-corrected chi connectivity index (χ2v) is 6.99. The van der Waals surface area contributed by atoms with Crippen LogP contribution in [0.3, 0.4) is 0 Å². The third-order valence-electron chi connectivity index (χ3n) is 4.44. The summed E-state index contributed by atoms with van der Waals surface area (Å²) in [6, 6.07) is 10.6. The molecule has 0 aliphatic carbocycles. The summed E-state index contributed by atoms with van der Waals surface area (Å²) in [5, 5.41) is 4.04. The molecule has 4 rings (SSSR count). The molecule has 0 saturated carbocycles. The van der Waals surface area contributed by atoms with E-state index in [1.807, 2.05) is 18.2 Å². The minimum atomic E-state index is -0.909. The first-order chi connectivity index (χ1) is 12.6. The maximum absolute atomic E-state index is 12.6. The second kappa shape index (κ2) is 7.45. The Bertz CT molecular complexity index is 836. The van der Waals surface area contributed by atoms with Gasteiger partial charge >= 0.3 is 0 Å². The molecule has 2 aliphatic rings. The Kier molecular flexibility index (Phi) is 5.05. The minimum absolute atomic E-state index is 0.347. The first kappa shape index (κ1) is 17.6. The Balaban J connectivity index is 1.71. The van der Waals surface area contributed by atoms with E-state index in [0.29, 0.717) is 35.4 Å². The van der Waals surface area contributed by atoms with Crippen molar-refractivity contribution in [1.82, 2.24) is 5.32 Å². The van der Waals surface area contributed by atoms with E-state index >= 15 is 0 Å². The van der Waals surface area contributed by atoms with E-state index in [0.717, 1.165) is 23.3 Å². The Morgan fingerprint density at radius 1 is 1.08 bits per heavy atom. The van der Waals surface area contributed by atoms with Crippen LogP contribution in [0.5, 0.6) is 5.75 Å². The number of ether oxygens (including phenoxy) is 3. The molecule has 1 amide bonds. The monoisotopic (exact) mass is 393 g/mol. The van der Waals surface area contributed by atoms with Crippen LogP contribution in [0.15, 0.2) is 36.4 Å². The van der Waals surface area contributed by atoms with Gasteiger partial charge in [0.25, 0.3) is 5.91 Å². The Morgan fingerprint density at radius 3 is 2.69 bits per heavy atom. The van der Waals surface area contributed by atoms with Gasteiger partial charge in [0, 0.05) is 16.5 Å².